The molecule has 3 aromatic rings. The van der Waals surface area contributed by atoms with Gasteiger partial charge in [-0.25, -0.2) is 4.98 Å². The Hall–Kier alpha value is -3.61. The van der Waals surface area contributed by atoms with Crippen LogP contribution in [0.1, 0.15) is 16.8 Å². The minimum absolute atomic E-state index is 0.149. The normalized spacial score (nSPS) is 13.7. The predicted octanol–water partition coefficient (Wildman–Crippen LogP) is 3.74. The Kier molecular flexibility index (Phi) is 6.54. The molecule has 7 heteroatoms. The number of benzene rings is 2. The van der Waals surface area contributed by atoms with Crippen LogP contribution in [-0.2, 0) is 11.2 Å². The van der Waals surface area contributed by atoms with Crippen molar-refractivity contribution in [3.05, 3.63) is 71.4 Å². The molecule has 0 saturated carbocycles. The monoisotopic (exact) mass is 431 g/mol. The van der Waals surface area contributed by atoms with Crippen molar-refractivity contribution in [1.82, 2.24) is 14.9 Å². The summed E-state index contributed by atoms with van der Waals surface area (Å²) in [5.41, 5.74) is 4.07. The van der Waals surface area contributed by atoms with Gasteiger partial charge in [0.05, 0.1) is 13.5 Å². The maximum absolute atomic E-state index is 12.7. The van der Waals surface area contributed by atoms with Gasteiger partial charge in [0.2, 0.25) is 11.9 Å². The number of anilines is 3. The number of hydrogen-bond donors (Lipinski definition) is 1. The van der Waals surface area contributed by atoms with Crippen molar-refractivity contribution < 1.29 is 9.53 Å². The van der Waals surface area contributed by atoms with E-state index in [4.69, 9.17) is 9.72 Å². The molecule has 166 valence electrons. The van der Waals surface area contributed by atoms with E-state index >= 15 is 0 Å². The lowest BCUT2D eigenvalue weighted by molar-refractivity contribution is -0.130. The second-order valence-electron chi connectivity index (χ2n) is 8.07. The number of piperazine rings is 1. The topological polar surface area (TPSA) is 70.6 Å². The van der Waals surface area contributed by atoms with Gasteiger partial charge in [-0.3, -0.25) is 4.79 Å². The van der Waals surface area contributed by atoms with Crippen LogP contribution >= 0.6 is 0 Å². The standard InChI is InChI=1S/C25H29N5O2/c1-18-4-8-21(9-5-18)27-25-26-19(2)16-23(28-25)29-12-14-30(15-13-29)24(31)17-20-6-10-22(32-3)11-7-20/h4-11,16H,12-15,17H2,1-3H3,(H,26,27,28). The number of aryl methyl sites for hydroxylation is 2. The highest BCUT2D eigenvalue weighted by Gasteiger charge is 2.22. The van der Waals surface area contributed by atoms with Gasteiger partial charge < -0.3 is 19.9 Å². The second kappa shape index (κ2) is 9.68. The number of carbonyl (C=O) groups is 1. The number of carbonyl (C=O) groups excluding carboxylic acids is 1. The molecule has 1 amide bonds. The molecule has 1 aliphatic rings. The first-order valence-corrected chi connectivity index (χ1v) is 10.9. The van der Waals surface area contributed by atoms with Crippen LogP contribution in [0, 0.1) is 13.8 Å². The molecule has 4 rings (SSSR count). The largest absolute Gasteiger partial charge is 0.497 e. The van der Waals surface area contributed by atoms with Gasteiger partial charge in [0.15, 0.2) is 0 Å². The van der Waals surface area contributed by atoms with Crippen molar-refractivity contribution in [3.8, 4) is 5.75 Å². The van der Waals surface area contributed by atoms with Crippen LogP contribution in [0.3, 0.4) is 0 Å². The summed E-state index contributed by atoms with van der Waals surface area (Å²) in [6.45, 7) is 6.88. The molecule has 1 N–H and O–H groups in total. The number of methoxy groups -OCH3 is 1. The van der Waals surface area contributed by atoms with Gasteiger partial charge in [-0.1, -0.05) is 29.8 Å². The fourth-order valence-corrected chi connectivity index (χ4v) is 3.75. The van der Waals surface area contributed by atoms with Crippen LogP contribution in [-0.4, -0.2) is 54.1 Å². The maximum Gasteiger partial charge on any atom is 0.229 e. The van der Waals surface area contributed by atoms with Crippen molar-refractivity contribution >= 4 is 23.4 Å². The predicted molar refractivity (Wildman–Crippen MR) is 127 cm³/mol. The Morgan fingerprint density at radius 1 is 0.969 bits per heavy atom. The molecule has 32 heavy (non-hydrogen) atoms. The smallest absolute Gasteiger partial charge is 0.229 e. The summed E-state index contributed by atoms with van der Waals surface area (Å²) in [4.78, 5) is 26.1. The third-order valence-electron chi connectivity index (χ3n) is 5.62. The SMILES string of the molecule is COc1ccc(CC(=O)N2CCN(c3cc(C)nc(Nc4ccc(C)cc4)n3)CC2)cc1. The molecule has 1 aromatic heterocycles. The highest BCUT2D eigenvalue weighted by atomic mass is 16.5. The van der Waals surface area contributed by atoms with E-state index in [2.05, 4.69) is 34.3 Å². The average Bonchev–Trinajstić information content (AvgIpc) is 2.81. The fourth-order valence-electron chi connectivity index (χ4n) is 3.75. The van der Waals surface area contributed by atoms with Gasteiger partial charge in [0.1, 0.15) is 11.6 Å². The first kappa shape index (κ1) is 21.6. The number of amides is 1. The Balaban J connectivity index is 1.36. The van der Waals surface area contributed by atoms with Crippen molar-refractivity contribution in [2.24, 2.45) is 0 Å². The molecule has 0 aliphatic carbocycles. The van der Waals surface area contributed by atoms with E-state index in [0.717, 1.165) is 41.6 Å². The van der Waals surface area contributed by atoms with Gasteiger partial charge in [-0.2, -0.15) is 4.98 Å². The molecule has 1 fully saturated rings. The van der Waals surface area contributed by atoms with Crippen molar-refractivity contribution in [3.63, 3.8) is 0 Å². The molecule has 2 heterocycles. The first-order valence-electron chi connectivity index (χ1n) is 10.9. The molecule has 1 saturated heterocycles. The minimum Gasteiger partial charge on any atom is -0.497 e. The lowest BCUT2D eigenvalue weighted by atomic mass is 10.1. The zero-order valence-electron chi connectivity index (χ0n) is 18.8. The van der Waals surface area contributed by atoms with Crippen LogP contribution in [0.4, 0.5) is 17.5 Å². The molecule has 7 nitrogen and oxygen atoms in total. The molecule has 1 aliphatic heterocycles. The third-order valence-corrected chi connectivity index (χ3v) is 5.62. The van der Waals surface area contributed by atoms with Crippen LogP contribution in [0.15, 0.2) is 54.6 Å². The Labute approximate surface area is 189 Å². The fraction of sp³-hybridized carbons (Fsp3) is 0.320. The molecular formula is C25H29N5O2. The van der Waals surface area contributed by atoms with E-state index < -0.39 is 0 Å². The summed E-state index contributed by atoms with van der Waals surface area (Å²) in [5.74, 6) is 2.41. The van der Waals surface area contributed by atoms with Gasteiger partial charge in [0.25, 0.3) is 0 Å². The summed E-state index contributed by atoms with van der Waals surface area (Å²) >= 11 is 0. The van der Waals surface area contributed by atoms with Gasteiger partial charge in [0, 0.05) is 43.6 Å². The zero-order chi connectivity index (χ0) is 22.5. The number of nitrogens with one attached hydrogen (secondary N) is 1. The van der Waals surface area contributed by atoms with E-state index in [1.165, 1.54) is 5.56 Å². The van der Waals surface area contributed by atoms with Gasteiger partial charge in [-0.15, -0.1) is 0 Å². The van der Waals surface area contributed by atoms with Crippen LogP contribution in [0.2, 0.25) is 0 Å². The zero-order valence-corrected chi connectivity index (χ0v) is 18.8. The number of ether oxygens (including phenoxy) is 1. The quantitative estimate of drug-likeness (QED) is 0.641. The third kappa shape index (κ3) is 5.35. The molecule has 0 spiro atoms. The van der Waals surface area contributed by atoms with Crippen LogP contribution in [0.5, 0.6) is 5.75 Å². The molecule has 0 radical (unpaired) electrons. The first-order chi connectivity index (χ1) is 15.5. The molecule has 0 unspecified atom stereocenters. The van der Waals surface area contributed by atoms with Crippen LogP contribution < -0.4 is 15.0 Å². The summed E-state index contributed by atoms with van der Waals surface area (Å²) in [5, 5.41) is 3.29. The van der Waals surface area contributed by atoms with Crippen molar-refractivity contribution in [2.45, 2.75) is 20.3 Å². The number of aromatic nitrogens is 2. The number of rotatable bonds is 6. The van der Waals surface area contributed by atoms with E-state index in [9.17, 15) is 4.79 Å². The summed E-state index contributed by atoms with van der Waals surface area (Å²) in [6, 6.07) is 17.8. The number of nitrogens with zero attached hydrogens (tertiary/aromatic N) is 4. The average molecular weight is 432 g/mol. The molecule has 0 atom stereocenters. The lowest BCUT2D eigenvalue weighted by Crippen LogP contribution is -2.49. The summed E-state index contributed by atoms with van der Waals surface area (Å²) in [6.07, 6.45) is 0.404. The van der Waals surface area contributed by atoms with Gasteiger partial charge in [-0.05, 0) is 43.7 Å². The van der Waals surface area contributed by atoms with Crippen molar-refractivity contribution in [2.75, 3.05) is 43.5 Å². The van der Waals surface area contributed by atoms with E-state index in [0.29, 0.717) is 25.5 Å². The summed E-state index contributed by atoms with van der Waals surface area (Å²) in [7, 11) is 1.64. The highest BCUT2D eigenvalue weighted by molar-refractivity contribution is 5.79. The maximum atomic E-state index is 12.7. The highest BCUT2D eigenvalue weighted by Crippen LogP contribution is 2.20. The molecule has 0 bridgehead atoms. The van der Waals surface area contributed by atoms with E-state index in [1.807, 2.05) is 54.3 Å². The Morgan fingerprint density at radius 2 is 1.66 bits per heavy atom. The number of hydrogen-bond acceptors (Lipinski definition) is 6. The van der Waals surface area contributed by atoms with Gasteiger partial charge >= 0.3 is 0 Å². The van der Waals surface area contributed by atoms with Crippen LogP contribution in [0.25, 0.3) is 0 Å². The Morgan fingerprint density at radius 3 is 2.31 bits per heavy atom. The lowest BCUT2D eigenvalue weighted by Gasteiger charge is -2.35. The van der Waals surface area contributed by atoms with E-state index in [1.54, 1.807) is 7.11 Å². The van der Waals surface area contributed by atoms with Crippen molar-refractivity contribution in [1.29, 1.82) is 0 Å². The van der Waals surface area contributed by atoms with E-state index in [-0.39, 0.29) is 5.91 Å². The summed E-state index contributed by atoms with van der Waals surface area (Å²) < 4.78 is 5.18. The Bertz CT molecular complexity index is 1060. The molecule has 2 aromatic carbocycles. The minimum atomic E-state index is 0.149. The molecular weight excluding hydrogens is 402 g/mol. The second-order valence-corrected chi connectivity index (χ2v) is 8.07.